The van der Waals surface area contributed by atoms with Gasteiger partial charge in [-0.1, -0.05) is 13.8 Å². The minimum Gasteiger partial charge on any atom is -0.369 e. The summed E-state index contributed by atoms with van der Waals surface area (Å²) < 4.78 is 0. The highest BCUT2D eigenvalue weighted by Gasteiger charge is 2.38. The normalized spacial score (nSPS) is 38.5. The number of carbonyl (C=O) groups excluding carboxylic acids is 2. The van der Waals surface area contributed by atoms with Crippen molar-refractivity contribution in [2.24, 2.45) is 35.1 Å². The molecular weight excluding hydrogens is 254 g/mol. The molecule has 1 heterocycles. The molecule has 1 aliphatic heterocycles. The lowest BCUT2D eigenvalue weighted by atomic mass is 9.72. The number of hydrogen-bond acceptors (Lipinski definition) is 3. The van der Waals surface area contributed by atoms with Crippen molar-refractivity contribution in [2.75, 3.05) is 13.1 Å². The number of hydrogen-bond donors (Lipinski definition) is 2. The summed E-state index contributed by atoms with van der Waals surface area (Å²) in [6.07, 6.45) is 3.43. The molecule has 5 atom stereocenters. The Morgan fingerprint density at radius 2 is 1.85 bits per heavy atom. The zero-order valence-corrected chi connectivity index (χ0v) is 12.5. The van der Waals surface area contributed by atoms with Crippen LogP contribution in [-0.2, 0) is 9.59 Å². The highest BCUT2D eigenvalue weighted by atomic mass is 16.2. The van der Waals surface area contributed by atoms with Gasteiger partial charge < -0.3 is 16.4 Å². The van der Waals surface area contributed by atoms with Gasteiger partial charge in [-0.15, -0.1) is 0 Å². The Hall–Kier alpha value is -1.10. The van der Waals surface area contributed by atoms with Crippen molar-refractivity contribution in [3.63, 3.8) is 0 Å². The van der Waals surface area contributed by atoms with Crippen molar-refractivity contribution in [1.82, 2.24) is 4.90 Å². The molecule has 0 aromatic heterocycles. The Labute approximate surface area is 121 Å². The monoisotopic (exact) mass is 281 g/mol. The van der Waals surface area contributed by atoms with E-state index in [4.69, 9.17) is 11.5 Å². The van der Waals surface area contributed by atoms with Gasteiger partial charge in [0.1, 0.15) is 0 Å². The Bertz CT molecular complexity index is 385. The third-order valence-corrected chi connectivity index (χ3v) is 5.14. The molecular formula is C15H27N3O2. The SMILES string of the molecule is CC1CC(C)C(C(=O)N2CCCC(C(N)=O)C2)CC1N. The fraction of sp³-hybridized carbons (Fsp3) is 0.867. The van der Waals surface area contributed by atoms with Crippen LogP contribution in [0.25, 0.3) is 0 Å². The molecule has 20 heavy (non-hydrogen) atoms. The largest absolute Gasteiger partial charge is 0.369 e. The van der Waals surface area contributed by atoms with E-state index in [2.05, 4.69) is 13.8 Å². The fourth-order valence-corrected chi connectivity index (χ4v) is 3.67. The molecule has 0 radical (unpaired) electrons. The maximum absolute atomic E-state index is 12.7. The predicted molar refractivity (Wildman–Crippen MR) is 77.5 cm³/mol. The van der Waals surface area contributed by atoms with Gasteiger partial charge in [-0.3, -0.25) is 9.59 Å². The molecule has 0 aromatic rings. The summed E-state index contributed by atoms with van der Waals surface area (Å²) in [5, 5.41) is 0. The lowest BCUT2D eigenvalue weighted by molar-refractivity contribution is -0.142. The second-order valence-electron chi connectivity index (χ2n) is 6.72. The predicted octanol–water partition coefficient (Wildman–Crippen LogP) is 0.720. The van der Waals surface area contributed by atoms with Gasteiger partial charge >= 0.3 is 0 Å². The van der Waals surface area contributed by atoms with Crippen molar-refractivity contribution in [2.45, 2.75) is 45.6 Å². The Morgan fingerprint density at radius 1 is 1.15 bits per heavy atom. The van der Waals surface area contributed by atoms with E-state index in [1.54, 1.807) is 0 Å². The molecule has 2 amide bonds. The Kier molecular flexibility index (Phi) is 4.68. The molecule has 0 spiro atoms. The van der Waals surface area contributed by atoms with E-state index >= 15 is 0 Å². The zero-order valence-electron chi connectivity index (χ0n) is 12.5. The average molecular weight is 281 g/mol. The summed E-state index contributed by atoms with van der Waals surface area (Å²) in [4.78, 5) is 25.9. The van der Waals surface area contributed by atoms with Gasteiger partial charge in [-0.25, -0.2) is 0 Å². The van der Waals surface area contributed by atoms with Gasteiger partial charge in [-0.2, -0.15) is 0 Å². The maximum Gasteiger partial charge on any atom is 0.226 e. The van der Waals surface area contributed by atoms with E-state index < -0.39 is 0 Å². The molecule has 2 fully saturated rings. The summed E-state index contributed by atoms with van der Waals surface area (Å²) >= 11 is 0. The number of carbonyl (C=O) groups is 2. The van der Waals surface area contributed by atoms with Crippen LogP contribution in [0.2, 0.25) is 0 Å². The summed E-state index contributed by atoms with van der Waals surface area (Å²) in [6, 6.07) is 0.108. The van der Waals surface area contributed by atoms with E-state index in [1.807, 2.05) is 4.90 Å². The number of rotatable bonds is 2. The second kappa shape index (κ2) is 6.12. The first kappa shape index (κ1) is 15.3. The molecule has 1 aliphatic carbocycles. The molecule has 5 nitrogen and oxygen atoms in total. The summed E-state index contributed by atoms with van der Waals surface area (Å²) in [7, 11) is 0. The molecule has 5 heteroatoms. The van der Waals surface area contributed by atoms with Crippen LogP contribution in [0, 0.1) is 23.7 Å². The molecule has 1 saturated heterocycles. The maximum atomic E-state index is 12.7. The molecule has 4 N–H and O–H groups in total. The van der Waals surface area contributed by atoms with Crippen LogP contribution >= 0.6 is 0 Å². The number of piperidine rings is 1. The van der Waals surface area contributed by atoms with E-state index in [0.29, 0.717) is 18.4 Å². The van der Waals surface area contributed by atoms with Crippen LogP contribution in [-0.4, -0.2) is 35.8 Å². The van der Waals surface area contributed by atoms with E-state index in [-0.39, 0.29) is 29.7 Å². The average Bonchev–Trinajstić information content (AvgIpc) is 2.42. The first-order valence-electron chi connectivity index (χ1n) is 7.73. The van der Waals surface area contributed by atoms with Crippen molar-refractivity contribution in [3.8, 4) is 0 Å². The number of primary amides is 1. The third-order valence-electron chi connectivity index (χ3n) is 5.14. The summed E-state index contributed by atoms with van der Waals surface area (Å²) in [5.74, 6) is 0.558. The zero-order chi connectivity index (χ0) is 14.9. The van der Waals surface area contributed by atoms with Crippen molar-refractivity contribution >= 4 is 11.8 Å². The van der Waals surface area contributed by atoms with Gasteiger partial charge in [0.05, 0.1) is 5.92 Å². The van der Waals surface area contributed by atoms with E-state index in [0.717, 1.165) is 32.2 Å². The number of nitrogens with two attached hydrogens (primary N) is 2. The van der Waals surface area contributed by atoms with Crippen LogP contribution in [0.15, 0.2) is 0 Å². The first-order valence-corrected chi connectivity index (χ1v) is 7.73. The van der Waals surface area contributed by atoms with Gasteiger partial charge in [0.15, 0.2) is 0 Å². The molecule has 5 unspecified atom stereocenters. The van der Waals surface area contributed by atoms with Gasteiger partial charge in [-0.05, 0) is 37.5 Å². The lowest BCUT2D eigenvalue weighted by Crippen LogP contribution is -2.50. The van der Waals surface area contributed by atoms with Crippen LogP contribution < -0.4 is 11.5 Å². The summed E-state index contributed by atoms with van der Waals surface area (Å²) in [5.41, 5.74) is 11.5. The number of amides is 2. The van der Waals surface area contributed by atoms with Crippen molar-refractivity contribution in [1.29, 1.82) is 0 Å². The van der Waals surface area contributed by atoms with Crippen LogP contribution in [0.5, 0.6) is 0 Å². The van der Waals surface area contributed by atoms with Crippen molar-refractivity contribution < 1.29 is 9.59 Å². The van der Waals surface area contributed by atoms with Gasteiger partial charge in [0.25, 0.3) is 0 Å². The Morgan fingerprint density at radius 3 is 2.50 bits per heavy atom. The minimum absolute atomic E-state index is 0.00725. The second-order valence-corrected chi connectivity index (χ2v) is 6.72. The lowest BCUT2D eigenvalue weighted by Gasteiger charge is -2.40. The van der Waals surface area contributed by atoms with Gasteiger partial charge in [0.2, 0.25) is 11.8 Å². The molecule has 2 rings (SSSR count). The Balaban J connectivity index is 2.01. The molecule has 2 aliphatic rings. The number of likely N-dealkylation sites (tertiary alicyclic amines) is 1. The van der Waals surface area contributed by atoms with E-state index in [9.17, 15) is 9.59 Å². The fourth-order valence-electron chi connectivity index (χ4n) is 3.67. The van der Waals surface area contributed by atoms with Crippen LogP contribution in [0.1, 0.15) is 39.5 Å². The molecule has 114 valence electrons. The van der Waals surface area contributed by atoms with Crippen LogP contribution in [0.3, 0.4) is 0 Å². The summed E-state index contributed by atoms with van der Waals surface area (Å²) in [6.45, 7) is 5.53. The first-order chi connectivity index (χ1) is 9.40. The standard InChI is InChI=1S/C15H27N3O2/c1-9-6-10(2)13(16)7-12(9)15(20)18-5-3-4-11(8-18)14(17)19/h9-13H,3-8,16H2,1-2H3,(H2,17,19). The molecule has 0 bridgehead atoms. The molecule has 1 saturated carbocycles. The topological polar surface area (TPSA) is 89.4 Å². The molecule has 0 aromatic carbocycles. The smallest absolute Gasteiger partial charge is 0.226 e. The highest BCUT2D eigenvalue weighted by molar-refractivity contribution is 5.81. The van der Waals surface area contributed by atoms with E-state index in [1.165, 1.54) is 0 Å². The highest BCUT2D eigenvalue weighted by Crippen LogP contribution is 2.34. The number of nitrogens with zero attached hydrogens (tertiary/aromatic N) is 1. The van der Waals surface area contributed by atoms with Crippen LogP contribution in [0.4, 0.5) is 0 Å². The quantitative estimate of drug-likeness (QED) is 0.781. The minimum atomic E-state index is -0.287. The van der Waals surface area contributed by atoms with Gasteiger partial charge in [0, 0.05) is 25.0 Å². The third kappa shape index (κ3) is 3.14. The van der Waals surface area contributed by atoms with Crippen molar-refractivity contribution in [3.05, 3.63) is 0 Å².